The third-order valence-electron chi connectivity index (χ3n) is 3.74. The molecule has 0 amide bonds. The maximum absolute atomic E-state index is 12.2. The summed E-state index contributed by atoms with van der Waals surface area (Å²) in [6.07, 6.45) is -5.46. The van der Waals surface area contributed by atoms with E-state index in [1.807, 2.05) is 0 Å². The molecule has 9 heteroatoms. The average molecular weight is 422 g/mol. The highest BCUT2D eigenvalue weighted by molar-refractivity contribution is 5.89. The van der Waals surface area contributed by atoms with Gasteiger partial charge in [-0.3, -0.25) is 0 Å². The molecule has 1 aliphatic rings. The van der Waals surface area contributed by atoms with Gasteiger partial charge in [0.15, 0.2) is 12.2 Å². The Balaban J connectivity index is 3.32. The van der Waals surface area contributed by atoms with Crippen LogP contribution in [-0.4, -0.2) is 55.1 Å². The number of hydrogen-bond acceptors (Lipinski definition) is 9. The van der Waals surface area contributed by atoms with E-state index in [9.17, 15) is 19.2 Å². The lowest BCUT2D eigenvalue weighted by molar-refractivity contribution is -0.272. The van der Waals surface area contributed by atoms with Gasteiger partial charge in [0.05, 0.1) is 6.61 Å². The zero-order chi connectivity index (χ0) is 23.2. The zero-order valence-corrected chi connectivity index (χ0v) is 17.5. The summed E-state index contributed by atoms with van der Waals surface area (Å²) in [5.41, 5.74) is 0.235. The fourth-order valence-corrected chi connectivity index (χ4v) is 2.11. The van der Waals surface area contributed by atoms with E-state index in [4.69, 9.17) is 23.7 Å². The normalized spacial score (nSPS) is 22.8. The van der Waals surface area contributed by atoms with Gasteiger partial charge in [-0.05, 0) is 27.7 Å². The Morgan fingerprint density at radius 2 is 1.00 bits per heavy atom. The predicted molar refractivity (Wildman–Crippen MR) is 105 cm³/mol. The van der Waals surface area contributed by atoms with E-state index in [2.05, 4.69) is 26.3 Å². The number of rotatable bonds is 8. The van der Waals surface area contributed by atoms with Gasteiger partial charge in [-0.1, -0.05) is 26.3 Å². The lowest BCUT2D eigenvalue weighted by Crippen LogP contribution is -2.58. The van der Waals surface area contributed by atoms with E-state index >= 15 is 0 Å². The van der Waals surface area contributed by atoms with Crippen molar-refractivity contribution in [3.05, 3.63) is 48.6 Å². The van der Waals surface area contributed by atoms with E-state index in [1.165, 1.54) is 27.7 Å². The van der Waals surface area contributed by atoms with Gasteiger partial charge in [0.25, 0.3) is 0 Å². The van der Waals surface area contributed by atoms with Crippen molar-refractivity contribution in [1.82, 2.24) is 0 Å². The number of hydrogen-bond donors (Lipinski definition) is 0. The first kappa shape index (κ1) is 24.8. The van der Waals surface area contributed by atoms with Crippen molar-refractivity contribution in [1.29, 1.82) is 0 Å². The van der Waals surface area contributed by atoms with Gasteiger partial charge in [0.2, 0.25) is 12.4 Å². The summed E-state index contributed by atoms with van der Waals surface area (Å²) < 4.78 is 26.6. The van der Waals surface area contributed by atoms with Crippen LogP contribution in [0.5, 0.6) is 0 Å². The van der Waals surface area contributed by atoms with Crippen molar-refractivity contribution in [2.75, 3.05) is 6.61 Å². The van der Waals surface area contributed by atoms with Crippen molar-refractivity contribution in [2.24, 2.45) is 0 Å². The molecule has 0 bridgehead atoms. The lowest BCUT2D eigenvalue weighted by atomic mass is 10.0. The summed E-state index contributed by atoms with van der Waals surface area (Å²) in [6.45, 7) is 19.3. The van der Waals surface area contributed by atoms with Crippen LogP contribution >= 0.6 is 0 Å². The molecule has 1 heterocycles. The van der Waals surface area contributed by atoms with Gasteiger partial charge in [-0.25, -0.2) is 19.2 Å². The van der Waals surface area contributed by atoms with Crippen LogP contribution in [0.2, 0.25) is 0 Å². The molecule has 4 atom stereocenters. The first-order valence-electron chi connectivity index (χ1n) is 8.92. The van der Waals surface area contributed by atoms with Crippen molar-refractivity contribution in [3.63, 3.8) is 0 Å². The van der Waals surface area contributed by atoms with Gasteiger partial charge in [0.1, 0.15) is 0 Å². The van der Waals surface area contributed by atoms with Gasteiger partial charge in [0, 0.05) is 22.3 Å². The highest BCUT2D eigenvalue weighted by Gasteiger charge is 2.49. The second-order valence-corrected chi connectivity index (χ2v) is 6.91. The Bertz CT molecular complexity index is 726. The number of carbonyl (C=O) groups is 4. The van der Waals surface area contributed by atoms with Gasteiger partial charge < -0.3 is 23.7 Å². The number of esters is 4. The molecule has 0 aromatic rings. The molecule has 0 N–H and O–H groups in total. The number of carbonyl (C=O) groups excluding carboxylic acids is 4. The maximum atomic E-state index is 12.2. The molecular formula is C21H26O9. The molecule has 1 saturated heterocycles. The second kappa shape index (κ2) is 10.5. The van der Waals surface area contributed by atoms with E-state index < -0.39 is 48.5 Å². The maximum Gasteiger partial charge on any atom is 0.335 e. The van der Waals surface area contributed by atoms with Crippen LogP contribution in [0.25, 0.3) is 0 Å². The molecule has 0 spiro atoms. The van der Waals surface area contributed by atoms with Crippen molar-refractivity contribution < 1.29 is 42.9 Å². The molecule has 2 unspecified atom stereocenters. The molecule has 0 saturated carbocycles. The lowest BCUT2D eigenvalue weighted by Gasteiger charge is -2.40. The minimum atomic E-state index is -1.46. The van der Waals surface area contributed by atoms with Crippen molar-refractivity contribution in [3.8, 4) is 0 Å². The Morgan fingerprint density at radius 1 is 0.633 bits per heavy atom. The van der Waals surface area contributed by atoms with Crippen LogP contribution in [-0.2, 0) is 42.9 Å². The second-order valence-electron chi connectivity index (χ2n) is 6.91. The van der Waals surface area contributed by atoms with Crippen LogP contribution in [0.15, 0.2) is 48.6 Å². The third-order valence-corrected chi connectivity index (χ3v) is 3.74. The monoisotopic (exact) mass is 422 g/mol. The van der Waals surface area contributed by atoms with E-state index in [1.54, 1.807) is 0 Å². The summed E-state index contributed by atoms with van der Waals surface area (Å²) >= 11 is 0. The van der Waals surface area contributed by atoms with E-state index in [0.717, 1.165) is 0 Å². The first-order valence-corrected chi connectivity index (χ1v) is 8.92. The fourth-order valence-electron chi connectivity index (χ4n) is 2.11. The first-order chi connectivity index (χ1) is 13.8. The highest BCUT2D eigenvalue weighted by atomic mass is 16.7. The van der Waals surface area contributed by atoms with E-state index in [-0.39, 0.29) is 28.9 Å². The smallest absolute Gasteiger partial charge is 0.335 e. The average Bonchev–Trinajstić information content (AvgIpc) is 2.64. The molecule has 0 aromatic carbocycles. The summed E-state index contributed by atoms with van der Waals surface area (Å²) in [5.74, 6) is -3.29. The van der Waals surface area contributed by atoms with Crippen molar-refractivity contribution >= 4 is 23.9 Å². The van der Waals surface area contributed by atoms with Crippen LogP contribution < -0.4 is 0 Å². The Morgan fingerprint density at radius 3 is 1.43 bits per heavy atom. The molecule has 0 aromatic heterocycles. The van der Waals surface area contributed by atoms with Crippen molar-refractivity contribution in [2.45, 2.75) is 52.3 Å². The molecule has 1 aliphatic heterocycles. The van der Waals surface area contributed by atoms with Crippen LogP contribution in [0.1, 0.15) is 27.7 Å². The Labute approximate surface area is 174 Å². The largest absolute Gasteiger partial charge is 0.452 e. The summed E-state index contributed by atoms with van der Waals surface area (Å²) in [4.78, 5) is 48.3. The van der Waals surface area contributed by atoms with E-state index in [0.29, 0.717) is 0 Å². The number of ether oxygens (including phenoxy) is 5. The molecule has 30 heavy (non-hydrogen) atoms. The SMILES string of the molecule is C=C(C)C(=O)OC1OC[C@@H](OC(=O)C(=C)C)[C@@H](OC(=O)C(=C)C)C1OC(=O)C(=C)C. The molecule has 0 radical (unpaired) electrons. The molecule has 0 aliphatic carbocycles. The van der Waals surface area contributed by atoms with Gasteiger partial charge in [-0.15, -0.1) is 0 Å². The summed E-state index contributed by atoms with van der Waals surface area (Å²) in [5, 5.41) is 0. The standard InChI is InChI=1S/C21H26O9/c1-10(2)17(22)27-14-9-26-21(30-20(25)13(7)8)16(29-19(24)12(5)6)15(14)28-18(23)11(3)4/h14-16,21H,1,3,5,7,9H2,2,4,6,8H3/t14-,15-,16?,21?/m1/s1. The van der Waals surface area contributed by atoms with Gasteiger partial charge in [-0.2, -0.15) is 0 Å². The predicted octanol–water partition coefficient (Wildman–Crippen LogP) is 1.93. The minimum absolute atomic E-state index is 0.0333. The fraction of sp³-hybridized carbons (Fsp3) is 0.429. The van der Waals surface area contributed by atoms with Crippen LogP contribution in [0, 0.1) is 0 Å². The Kier molecular flexibility index (Phi) is 8.73. The molecule has 9 nitrogen and oxygen atoms in total. The van der Waals surface area contributed by atoms with Crippen LogP contribution in [0.3, 0.4) is 0 Å². The quantitative estimate of drug-likeness (QED) is 0.329. The highest BCUT2D eigenvalue weighted by Crippen LogP contribution is 2.27. The molecular weight excluding hydrogens is 396 g/mol. The van der Waals surface area contributed by atoms with Gasteiger partial charge >= 0.3 is 23.9 Å². The minimum Gasteiger partial charge on any atom is -0.452 e. The topological polar surface area (TPSA) is 114 Å². The molecule has 1 fully saturated rings. The summed E-state index contributed by atoms with van der Waals surface area (Å²) in [7, 11) is 0. The molecule has 1 rings (SSSR count). The Hall–Kier alpha value is -3.20. The third kappa shape index (κ3) is 6.70. The molecule has 164 valence electrons. The van der Waals surface area contributed by atoms with Crippen LogP contribution in [0.4, 0.5) is 0 Å². The zero-order valence-electron chi connectivity index (χ0n) is 17.5. The summed E-state index contributed by atoms with van der Waals surface area (Å²) in [6, 6.07) is 0.